The Morgan fingerprint density at radius 2 is 0.983 bits per heavy atom. The average molecular weight is 782 g/mol. The Hall–Kier alpha value is -7.54. The highest BCUT2D eigenvalue weighted by Crippen LogP contribution is 2.48. The molecule has 0 atom stereocenters. The minimum absolute atomic E-state index is 0.0172. The topological polar surface area (TPSA) is 42.7 Å². The smallest absolute Gasteiger partial charge is 0.248 e. The van der Waals surface area contributed by atoms with Gasteiger partial charge >= 0.3 is 0 Å². The number of anilines is 3. The third kappa shape index (κ3) is 4.01. The number of para-hydroxylation sites is 3. The van der Waals surface area contributed by atoms with Crippen LogP contribution in [-0.4, -0.2) is 6.71 Å². The van der Waals surface area contributed by atoms with Crippen LogP contribution in [0.2, 0.25) is 0 Å². The minimum atomic E-state index is -0.0172. The number of nitrogens with zero attached hydrogens (tertiary/aromatic N) is 1. The Kier molecular flexibility index (Phi) is 5.84. The Labute approximate surface area is 346 Å². The second-order valence-electron chi connectivity index (χ2n) is 16.3. The van der Waals surface area contributed by atoms with Crippen LogP contribution >= 0.6 is 11.3 Å². The Morgan fingerprint density at radius 1 is 0.383 bits per heavy atom. The van der Waals surface area contributed by atoms with Gasteiger partial charge in [0.2, 0.25) is 6.71 Å². The lowest BCUT2D eigenvalue weighted by Gasteiger charge is -2.36. The van der Waals surface area contributed by atoms with E-state index in [1.54, 1.807) is 0 Å². The fraction of sp³-hybridized carbons (Fsp3) is 0. The molecular formula is C54H28BNO3S. The zero-order valence-electron chi connectivity index (χ0n) is 31.8. The standard InChI is InChI=1S/C54H28BNO3S/c1-5-16-46-32(10-1)35-21-20-30(24-49(35)57-46)56-44-28-51-40(34-12-3-7-18-48(34)59-51)26-43(44)55-42-25-39-33-11-2-6-17-47(33)58-50(39)27-38(42)41-22-29(23-45(56)53(41)55)31-14-9-15-37-36-13-4-8-19-52(36)60-54(31)37/h1-28H. The molecule has 0 amide bonds. The van der Waals surface area contributed by atoms with Gasteiger partial charge in [-0.3, -0.25) is 0 Å². The number of furan rings is 3. The molecule has 13 aromatic rings. The number of fused-ring (bicyclic) bond motifs is 17. The third-order valence-electron chi connectivity index (χ3n) is 13.3. The Morgan fingerprint density at radius 3 is 1.73 bits per heavy atom. The molecule has 15 rings (SSSR count). The van der Waals surface area contributed by atoms with Crippen LogP contribution in [0.4, 0.5) is 17.1 Å². The van der Waals surface area contributed by atoms with Gasteiger partial charge in [-0.25, -0.2) is 0 Å². The molecule has 0 bridgehead atoms. The van der Waals surface area contributed by atoms with E-state index >= 15 is 0 Å². The van der Waals surface area contributed by atoms with E-state index in [1.807, 2.05) is 23.5 Å². The van der Waals surface area contributed by atoms with Crippen LogP contribution in [0.3, 0.4) is 0 Å². The van der Waals surface area contributed by atoms with Crippen LogP contribution in [0.15, 0.2) is 183 Å². The molecule has 0 aliphatic carbocycles. The quantitative estimate of drug-likeness (QED) is 0.164. The Bertz CT molecular complexity index is 4050. The molecule has 0 unspecified atom stereocenters. The van der Waals surface area contributed by atoms with Crippen molar-refractivity contribution in [1.82, 2.24) is 0 Å². The molecule has 0 saturated carbocycles. The van der Waals surface area contributed by atoms with Crippen LogP contribution in [0.1, 0.15) is 0 Å². The van der Waals surface area contributed by atoms with Gasteiger partial charge in [-0.05, 0) is 87.8 Å². The summed E-state index contributed by atoms with van der Waals surface area (Å²) in [5, 5.41) is 9.33. The summed E-state index contributed by atoms with van der Waals surface area (Å²) in [6, 6.07) is 61.6. The van der Waals surface area contributed by atoms with Gasteiger partial charge < -0.3 is 18.2 Å². The molecule has 6 heterocycles. The average Bonchev–Trinajstić information content (AvgIpc) is 4.10. The van der Waals surface area contributed by atoms with Gasteiger partial charge in [0.05, 0.1) is 0 Å². The van der Waals surface area contributed by atoms with E-state index < -0.39 is 0 Å². The predicted molar refractivity (Wildman–Crippen MR) is 251 cm³/mol. The van der Waals surface area contributed by atoms with Crippen molar-refractivity contribution in [2.45, 2.75) is 0 Å². The van der Waals surface area contributed by atoms with E-state index in [0.29, 0.717) is 0 Å². The second-order valence-corrected chi connectivity index (χ2v) is 17.4. The lowest BCUT2D eigenvalue weighted by Crippen LogP contribution is -2.54. The second kappa shape index (κ2) is 11.1. The molecular weight excluding hydrogens is 753 g/mol. The van der Waals surface area contributed by atoms with Crippen molar-refractivity contribution in [1.29, 1.82) is 0 Å². The first-order valence-corrected chi connectivity index (χ1v) is 21.2. The van der Waals surface area contributed by atoms with Crippen LogP contribution in [0.25, 0.3) is 108 Å². The molecule has 0 fully saturated rings. The van der Waals surface area contributed by atoms with Gasteiger partial charge in [-0.15, -0.1) is 11.3 Å². The van der Waals surface area contributed by atoms with Crippen molar-refractivity contribution in [3.63, 3.8) is 0 Å². The molecule has 0 radical (unpaired) electrons. The molecule has 60 heavy (non-hydrogen) atoms. The molecule has 2 aliphatic rings. The van der Waals surface area contributed by atoms with Crippen molar-refractivity contribution in [2.75, 3.05) is 4.90 Å². The largest absolute Gasteiger partial charge is 0.456 e. The molecule has 0 spiro atoms. The maximum atomic E-state index is 6.66. The molecule has 276 valence electrons. The molecule has 9 aromatic carbocycles. The number of hydrogen-bond donors (Lipinski definition) is 0. The fourth-order valence-corrected chi connectivity index (χ4v) is 11.9. The summed E-state index contributed by atoms with van der Waals surface area (Å²) in [5.74, 6) is 0. The number of hydrogen-bond acceptors (Lipinski definition) is 5. The predicted octanol–water partition coefficient (Wildman–Crippen LogP) is 13.7. The molecule has 4 nitrogen and oxygen atoms in total. The van der Waals surface area contributed by atoms with Crippen LogP contribution in [-0.2, 0) is 0 Å². The van der Waals surface area contributed by atoms with E-state index in [-0.39, 0.29) is 6.71 Å². The van der Waals surface area contributed by atoms with Gasteiger partial charge in [0, 0.05) is 81.7 Å². The highest BCUT2D eigenvalue weighted by Gasteiger charge is 2.44. The van der Waals surface area contributed by atoms with Gasteiger partial charge in [-0.2, -0.15) is 0 Å². The van der Waals surface area contributed by atoms with E-state index in [1.165, 1.54) is 58.8 Å². The first-order valence-electron chi connectivity index (χ1n) is 20.4. The monoisotopic (exact) mass is 781 g/mol. The van der Waals surface area contributed by atoms with Crippen molar-refractivity contribution < 1.29 is 13.3 Å². The normalized spacial score (nSPS) is 13.3. The summed E-state index contributed by atoms with van der Waals surface area (Å²) in [5.41, 5.74) is 17.3. The fourth-order valence-electron chi connectivity index (χ4n) is 10.7. The van der Waals surface area contributed by atoms with Crippen LogP contribution in [0, 0.1) is 0 Å². The lowest BCUT2D eigenvalue weighted by molar-refractivity contribution is 0.668. The van der Waals surface area contributed by atoms with E-state index in [0.717, 1.165) is 82.9 Å². The van der Waals surface area contributed by atoms with E-state index in [9.17, 15) is 0 Å². The minimum Gasteiger partial charge on any atom is -0.456 e. The molecule has 0 N–H and O–H groups in total. The van der Waals surface area contributed by atoms with Gasteiger partial charge in [-0.1, -0.05) is 109 Å². The first kappa shape index (κ1) is 31.5. The lowest BCUT2D eigenvalue weighted by atomic mass is 9.37. The van der Waals surface area contributed by atoms with Crippen molar-refractivity contribution in [2.24, 2.45) is 0 Å². The van der Waals surface area contributed by atoms with E-state index in [2.05, 4.69) is 163 Å². The SMILES string of the molecule is c1ccc2c(c1)oc1cc(N3c4cc5oc6ccccc6c5cc4B4c5cc6c(cc5-c5cc(-c7cccc8c7sc7ccccc78)cc3c54)oc3ccccc36)ccc12. The number of rotatable bonds is 2. The zero-order valence-corrected chi connectivity index (χ0v) is 32.6. The summed E-state index contributed by atoms with van der Waals surface area (Å²) >= 11 is 1.87. The zero-order chi connectivity index (χ0) is 38.8. The number of thiophene rings is 1. The third-order valence-corrected chi connectivity index (χ3v) is 14.5. The van der Waals surface area contributed by atoms with Gasteiger partial charge in [0.25, 0.3) is 0 Å². The molecule has 0 saturated heterocycles. The van der Waals surface area contributed by atoms with E-state index in [4.69, 9.17) is 13.3 Å². The first-order chi connectivity index (χ1) is 29.7. The van der Waals surface area contributed by atoms with Gasteiger partial charge in [0.1, 0.15) is 33.5 Å². The summed E-state index contributed by atoms with van der Waals surface area (Å²) in [4.78, 5) is 2.46. The maximum Gasteiger partial charge on any atom is 0.248 e. The highest BCUT2D eigenvalue weighted by atomic mass is 32.1. The molecule has 2 aliphatic heterocycles. The van der Waals surface area contributed by atoms with Crippen molar-refractivity contribution in [3.05, 3.63) is 170 Å². The molecule has 4 aromatic heterocycles. The van der Waals surface area contributed by atoms with Crippen molar-refractivity contribution >= 4 is 137 Å². The van der Waals surface area contributed by atoms with Crippen molar-refractivity contribution in [3.8, 4) is 22.3 Å². The molecule has 6 heteroatoms. The summed E-state index contributed by atoms with van der Waals surface area (Å²) in [6.45, 7) is -0.0172. The highest BCUT2D eigenvalue weighted by molar-refractivity contribution is 7.26. The number of benzene rings is 9. The summed E-state index contributed by atoms with van der Waals surface area (Å²) < 4.78 is 22.4. The van der Waals surface area contributed by atoms with Gasteiger partial charge in [0.15, 0.2) is 0 Å². The van der Waals surface area contributed by atoms with Crippen LogP contribution < -0.4 is 21.3 Å². The maximum absolute atomic E-state index is 6.66. The summed E-state index contributed by atoms with van der Waals surface area (Å²) in [6.07, 6.45) is 0. The summed E-state index contributed by atoms with van der Waals surface area (Å²) in [7, 11) is 0. The van der Waals surface area contributed by atoms with Crippen LogP contribution in [0.5, 0.6) is 0 Å². The Balaban J connectivity index is 1.08.